The van der Waals surface area contributed by atoms with Crippen molar-refractivity contribution in [3.8, 4) is 5.75 Å². The number of benzene rings is 2. The highest BCUT2D eigenvalue weighted by molar-refractivity contribution is 5.88. The average Bonchev–Trinajstić information content (AvgIpc) is 2.49. The summed E-state index contributed by atoms with van der Waals surface area (Å²) >= 11 is 0. The zero-order valence-electron chi connectivity index (χ0n) is 13.9. The molecule has 0 bridgehead atoms. The Kier molecular flexibility index (Phi) is 5.28. The van der Waals surface area contributed by atoms with Gasteiger partial charge in [-0.05, 0) is 32.2 Å². The van der Waals surface area contributed by atoms with Gasteiger partial charge < -0.3 is 19.9 Å². The van der Waals surface area contributed by atoms with Gasteiger partial charge in [0.1, 0.15) is 18.0 Å². The van der Waals surface area contributed by atoms with Gasteiger partial charge in [-0.2, -0.15) is 0 Å². The lowest BCUT2D eigenvalue weighted by Gasteiger charge is -2.22. The van der Waals surface area contributed by atoms with Gasteiger partial charge in [0.2, 0.25) is 0 Å². The molecule has 24 heavy (non-hydrogen) atoms. The van der Waals surface area contributed by atoms with E-state index in [0.717, 1.165) is 10.8 Å². The molecule has 0 saturated carbocycles. The molecular formula is C18H21NO5. The summed E-state index contributed by atoms with van der Waals surface area (Å²) in [5.74, 6) is -0.633. The van der Waals surface area contributed by atoms with Crippen molar-refractivity contribution >= 4 is 22.8 Å². The molecule has 0 aliphatic carbocycles. The van der Waals surface area contributed by atoms with Crippen LogP contribution in [0.3, 0.4) is 0 Å². The number of nitrogens with one attached hydrogen (secondary N) is 1. The van der Waals surface area contributed by atoms with Crippen molar-refractivity contribution in [3.63, 3.8) is 0 Å². The molecule has 0 aliphatic heterocycles. The maximum Gasteiger partial charge on any atom is 0.408 e. The van der Waals surface area contributed by atoms with E-state index in [4.69, 9.17) is 9.47 Å². The first-order valence-corrected chi connectivity index (χ1v) is 7.59. The second-order valence-corrected chi connectivity index (χ2v) is 6.33. The Bertz CT molecular complexity index is 730. The summed E-state index contributed by atoms with van der Waals surface area (Å²) in [5, 5.41) is 13.4. The molecule has 1 atom stereocenters. The normalized spacial score (nSPS) is 12.5. The fourth-order valence-corrected chi connectivity index (χ4v) is 2.12. The molecule has 0 saturated heterocycles. The molecule has 6 heteroatoms. The number of alkyl carbamates (subject to hydrolysis) is 1. The molecule has 0 heterocycles. The first kappa shape index (κ1) is 17.6. The minimum absolute atomic E-state index is 0.206. The Morgan fingerprint density at radius 2 is 1.79 bits per heavy atom. The number of hydrogen-bond donors (Lipinski definition) is 2. The molecule has 0 aliphatic rings. The number of rotatable bonds is 5. The zero-order valence-corrected chi connectivity index (χ0v) is 13.9. The topological polar surface area (TPSA) is 84.9 Å². The lowest BCUT2D eigenvalue weighted by Crippen LogP contribution is -2.46. The van der Waals surface area contributed by atoms with Crippen LogP contribution in [0.1, 0.15) is 20.8 Å². The number of fused-ring (bicyclic) bond motifs is 1. The third-order valence-electron chi connectivity index (χ3n) is 3.14. The van der Waals surface area contributed by atoms with Crippen LogP contribution >= 0.6 is 0 Å². The van der Waals surface area contributed by atoms with Gasteiger partial charge in [0.15, 0.2) is 6.04 Å². The molecule has 128 valence electrons. The Hall–Kier alpha value is -2.76. The number of aliphatic carboxylic acids is 1. The van der Waals surface area contributed by atoms with Crippen LogP contribution in [0.2, 0.25) is 0 Å². The first-order valence-electron chi connectivity index (χ1n) is 7.59. The molecule has 2 aromatic carbocycles. The lowest BCUT2D eigenvalue weighted by atomic mass is 10.1. The van der Waals surface area contributed by atoms with Gasteiger partial charge in [0, 0.05) is 5.39 Å². The lowest BCUT2D eigenvalue weighted by molar-refractivity contribution is -0.140. The molecule has 0 fully saturated rings. The van der Waals surface area contributed by atoms with E-state index in [1.807, 2.05) is 36.4 Å². The highest BCUT2D eigenvalue weighted by Crippen LogP contribution is 2.25. The molecule has 0 aromatic heterocycles. The molecule has 2 rings (SSSR count). The zero-order chi connectivity index (χ0) is 17.7. The van der Waals surface area contributed by atoms with Gasteiger partial charge in [-0.15, -0.1) is 0 Å². The third kappa shape index (κ3) is 4.87. The van der Waals surface area contributed by atoms with Crippen LogP contribution in [0.15, 0.2) is 42.5 Å². The molecule has 1 unspecified atom stereocenters. The van der Waals surface area contributed by atoms with Crippen LogP contribution in [0.4, 0.5) is 4.79 Å². The monoisotopic (exact) mass is 331 g/mol. The average molecular weight is 331 g/mol. The van der Waals surface area contributed by atoms with E-state index in [0.29, 0.717) is 5.75 Å². The summed E-state index contributed by atoms with van der Waals surface area (Å²) in [7, 11) is 0. The summed E-state index contributed by atoms with van der Waals surface area (Å²) < 4.78 is 10.7. The number of carbonyl (C=O) groups is 2. The van der Waals surface area contributed by atoms with Crippen molar-refractivity contribution in [1.29, 1.82) is 0 Å². The molecular weight excluding hydrogens is 310 g/mol. The predicted octanol–water partition coefficient (Wildman–Crippen LogP) is 3.20. The maximum absolute atomic E-state index is 11.7. The van der Waals surface area contributed by atoms with Crippen LogP contribution in [0, 0.1) is 0 Å². The van der Waals surface area contributed by atoms with Crippen molar-refractivity contribution in [1.82, 2.24) is 5.32 Å². The SMILES string of the molecule is CC(C)(C)OC(=O)NC(COc1cccc2ccccc12)C(=O)O. The molecule has 0 radical (unpaired) electrons. The number of hydrogen-bond acceptors (Lipinski definition) is 4. The van der Waals surface area contributed by atoms with Gasteiger partial charge in [-0.25, -0.2) is 9.59 Å². The van der Waals surface area contributed by atoms with E-state index in [2.05, 4.69) is 5.32 Å². The van der Waals surface area contributed by atoms with Gasteiger partial charge >= 0.3 is 12.1 Å². The van der Waals surface area contributed by atoms with Crippen LogP contribution in [-0.4, -0.2) is 35.4 Å². The second kappa shape index (κ2) is 7.21. The number of amides is 1. The summed E-state index contributed by atoms with van der Waals surface area (Å²) in [6, 6.07) is 11.9. The largest absolute Gasteiger partial charge is 0.490 e. The number of carboxylic acid groups (broad SMARTS) is 1. The molecule has 6 nitrogen and oxygen atoms in total. The number of carboxylic acids is 1. The fourth-order valence-electron chi connectivity index (χ4n) is 2.12. The van der Waals surface area contributed by atoms with E-state index < -0.39 is 23.7 Å². The van der Waals surface area contributed by atoms with Crippen molar-refractivity contribution in [3.05, 3.63) is 42.5 Å². The Morgan fingerprint density at radius 3 is 2.46 bits per heavy atom. The smallest absolute Gasteiger partial charge is 0.408 e. The Balaban J connectivity index is 2.06. The Morgan fingerprint density at radius 1 is 1.12 bits per heavy atom. The van der Waals surface area contributed by atoms with Crippen molar-refractivity contribution in [2.24, 2.45) is 0 Å². The predicted molar refractivity (Wildman–Crippen MR) is 90.2 cm³/mol. The summed E-state index contributed by atoms with van der Waals surface area (Å²) in [6.45, 7) is 4.90. The van der Waals surface area contributed by atoms with Gasteiger partial charge in [0.05, 0.1) is 0 Å². The highest BCUT2D eigenvalue weighted by atomic mass is 16.6. The number of ether oxygens (including phenoxy) is 2. The van der Waals surface area contributed by atoms with E-state index in [9.17, 15) is 14.7 Å². The minimum Gasteiger partial charge on any atom is -0.490 e. The van der Waals surface area contributed by atoms with Crippen molar-refractivity contribution < 1.29 is 24.2 Å². The van der Waals surface area contributed by atoms with E-state index in [1.54, 1.807) is 26.8 Å². The molecule has 0 spiro atoms. The number of carbonyl (C=O) groups excluding carboxylic acids is 1. The van der Waals surface area contributed by atoms with Gasteiger partial charge in [-0.3, -0.25) is 0 Å². The minimum atomic E-state index is -1.21. The van der Waals surface area contributed by atoms with Crippen LogP contribution in [0.5, 0.6) is 5.75 Å². The van der Waals surface area contributed by atoms with E-state index >= 15 is 0 Å². The second-order valence-electron chi connectivity index (χ2n) is 6.33. The van der Waals surface area contributed by atoms with Crippen LogP contribution < -0.4 is 10.1 Å². The van der Waals surface area contributed by atoms with Gasteiger partial charge in [0.25, 0.3) is 0 Å². The van der Waals surface area contributed by atoms with Crippen molar-refractivity contribution in [2.45, 2.75) is 32.4 Å². The van der Waals surface area contributed by atoms with Gasteiger partial charge in [-0.1, -0.05) is 36.4 Å². The summed E-state index contributed by atoms with van der Waals surface area (Å²) in [6.07, 6.45) is -0.795. The molecule has 2 aromatic rings. The standard InChI is InChI=1S/C18H21NO5/c1-18(2,3)24-17(22)19-14(16(20)21)11-23-15-10-6-8-12-7-4-5-9-13(12)15/h4-10,14H,11H2,1-3H3,(H,19,22)(H,20,21). The summed E-state index contributed by atoms with van der Waals surface area (Å²) in [4.78, 5) is 23.1. The van der Waals surface area contributed by atoms with E-state index in [-0.39, 0.29) is 6.61 Å². The van der Waals surface area contributed by atoms with E-state index in [1.165, 1.54) is 0 Å². The maximum atomic E-state index is 11.7. The van der Waals surface area contributed by atoms with Crippen LogP contribution in [0.25, 0.3) is 10.8 Å². The molecule has 2 N–H and O–H groups in total. The van der Waals surface area contributed by atoms with Crippen LogP contribution in [-0.2, 0) is 9.53 Å². The fraction of sp³-hybridized carbons (Fsp3) is 0.333. The summed E-state index contributed by atoms with van der Waals surface area (Å²) in [5.41, 5.74) is -0.705. The third-order valence-corrected chi connectivity index (χ3v) is 3.14. The quantitative estimate of drug-likeness (QED) is 0.879. The Labute approximate surface area is 140 Å². The molecule has 1 amide bonds. The first-order chi connectivity index (χ1) is 11.3. The highest BCUT2D eigenvalue weighted by Gasteiger charge is 2.24. The van der Waals surface area contributed by atoms with Crippen molar-refractivity contribution in [2.75, 3.05) is 6.61 Å².